The van der Waals surface area contributed by atoms with Gasteiger partial charge >= 0.3 is 0 Å². The van der Waals surface area contributed by atoms with Gasteiger partial charge in [0.2, 0.25) is 0 Å². The largest absolute Gasteiger partial charge is 0.378 e. The normalized spacial score (nSPS) is 42.0. The van der Waals surface area contributed by atoms with E-state index in [2.05, 4.69) is 18.9 Å². The second-order valence-corrected chi connectivity index (χ2v) is 4.10. The molecule has 0 N–H and O–H groups in total. The first kappa shape index (κ1) is 8.52. The van der Waals surface area contributed by atoms with E-state index in [-0.39, 0.29) is 0 Å². The summed E-state index contributed by atoms with van der Waals surface area (Å²) in [5, 5.41) is 0. The van der Waals surface area contributed by atoms with Crippen molar-refractivity contribution in [1.29, 1.82) is 0 Å². The van der Waals surface area contributed by atoms with Crippen molar-refractivity contribution >= 4 is 0 Å². The fourth-order valence-corrected chi connectivity index (χ4v) is 2.73. The third kappa shape index (κ3) is 1.38. The number of ether oxygens (including phenoxy) is 1. The molecule has 0 aromatic carbocycles. The van der Waals surface area contributed by atoms with Crippen molar-refractivity contribution in [3.8, 4) is 0 Å². The van der Waals surface area contributed by atoms with Gasteiger partial charge in [0.15, 0.2) is 0 Å². The van der Waals surface area contributed by atoms with E-state index < -0.39 is 0 Å². The molecule has 0 aromatic heterocycles. The lowest BCUT2D eigenvalue weighted by Crippen LogP contribution is -2.42. The zero-order valence-corrected chi connectivity index (χ0v) is 8.12. The Kier molecular flexibility index (Phi) is 2.37. The van der Waals surface area contributed by atoms with Crippen LogP contribution in [0.25, 0.3) is 0 Å². The Morgan fingerprint density at radius 2 is 1.83 bits per heavy atom. The summed E-state index contributed by atoms with van der Waals surface area (Å²) in [5.74, 6) is 0. The van der Waals surface area contributed by atoms with Gasteiger partial charge in [0.05, 0.1) is 6.10 Å². The summed E-state index contributed by atoms with van der Waals surface area (Å²) in [4.78, 5) is 2.55. The molecule has 0 saturated carbocycles. The van der Waals surface area contributed by atoms with Gasteiger partial charge in [-0.15, -0.1) is 0 Å². The van der Waals surface area contributed by atoms with E-state index in [0.29, 0.717) is 6.10 Å². The summed E-state index contributed by atoms with van der Waals surface area (Å²) in [5.41, 5.74) is 0. The third-order valence-electron chi connectivity index (χ3n) is 3.46. The maximum absolute atomic E-state index is 5.69. The second kappa shape index (κ2) is 3.35. The minimum Gasteiger partial charge on any atom is -0.378 e. The van der Waals surface area contributed by atoms with Crippen molar-refractivity contribution in [2.24, 2.45) is 0 Å². The molecule has 0 aromatic rings. The SMILES string of the molecule is CCOC1CC2CCC(C1)N2C. The van der Waals surface area contributed by atoms with E-state index in [0.717, 1.165) is 18.7 Å². The lowest BCUT2D eigenvalue weighted by atomic mass is 10.0. The first-order chi connectivity index (χ1) is 5.81. The fraction of sp³-hybridized carbons (Fsp3) is 1.00. The first-order valence-electron chi connectivity index (χ1n) is 5.14. The highest BCUT2D eigenvalue weighted by molar-refractivity contribution is 4.93. The third-order valence-corrected chi connectivity index (χ3v) is 3.46. The van der Waals surface area contributed by atoms with Crippen molar-refractivity contribution in [2.75, 3.05) is 13.7 Å². The van der Waals surface area contributed by atoms with Gasteiger partial charge in [-0.3, -0.25) is 0 Å². The second-order valence-electron chi connectivity index (χ2n) is 4.10. The average Bonchev–Trinajstić information content (AvgIpc) is 2.33. The summed E-state index contributed by atoms with van der Waals surface area (Å²) in [6.45, 7) is 2.98. The zero-order valence-electron chi connectivity index (χ0n) is 8.12. The molecule has 2 aliphatic heterocycles. The number of rotatable bonds is 2. The van der Waals surface area contributed by atoms with Crippen LogP contribution in [0.15, 0.2) is 0 Å². The predicted molar refractivity (Wildman–Crippen MR) is 49.2 cm³/mol. The molecule has 2 unspecified atom stereocenters. The highest BCUT2D eigenvalue weighted by Crippen LogP contribution is 2.35. The van der Waals surface area contributed by atoms with Crippen LogP contribution >= 0.6 is 0 Å². The van der Waals surface area contributed by atoms with E-state index >= 15 is 0 Å². The van der Waals surface area contributed by atoms with Crippen LogP contribution in [0.3, 0.4) is 0 Å². The lowest BCUT2D eigenvalue weighted by molar-refractivity contribution is -0.00648. The Balaban J connectivity index is 1.93. The minimum atomic E-state index is 0.559. The topological polar surface area (TPSA) is 12.5 Å². The molecule has 70 valence electrons. The lowest BCUT2D eigenvalue weighted by Gasteiger charge is -2.35. The average molecular weight is 169 g/mol. The summed E-state index contributed by atoms with van der Waals surface area (Å²) in [7, 11) is 2.27. The summed E-state index contributed by atoms with van der Waals surface area (Å²) in [6, 6.07) is 1.64. The van der Waals surface area contributed by atoms with E-state index in [9.17, 15) is 0 Å². The van der Waals surface area contributed by atoms with Crippen LogP contribution in [0.5, 0.6) is 0 Å². The highest BCUT2D eigenvalue weighted by Gasteiger charge is 2.38. The molecule has 0 aliphatic carbocycles. The van der Waals surface area contributed by atoms with Crippen molar-refractivity contribution in [1.82, 2.24) is 4.90 Å². The molecule has 0 spiro atoms. The number of fused-ring (bicyclic) bond motifs is 2. The summed E-state index contributed by atoms with van der Waals surface area (Å²) >= 11 is 0. The van der Waals surface area contributed by atoms with Gasteiger partial charge in [-0.2, -0.15) is 0 Å². The van der Waals surface area contributed by atoms with Gasteiger partial charge in [-0.1, -0.05) is 0 Å². The molecule has 2 bridgehead atoms. The number of piperidine rings is 1. The van der Waals surface area contributed by atoms with Crippen LogP contribution in [0.4, 0.5) is 0 Å². The summed E-state index contributed by atoms with van der Waals surface area (Å²) < 4.78 is 5.69. The first-order valence-corrected chi connectivity index (χ1v) is 5.14. The molecule has 12 heavy (non-hydrogen) atoms. The van der Waals surface area contributed by atoms with Crippen LogP contribution in [0.2, 0.25) is 0 Å². The van der Waals surface area contributed by atoms with E-state index in [1.54, 1.807) is 0 Å². The molecule has 2 aliphatic rings. The molecule has 2 fully saturated rings. The van der Waals surface area contributed by atoms with Gasteiger partial charge < -0.3 is 9.64 Å². The van der Waals surface area contributed by atoms with Crippen molar-refractivity contribution in [3.63, 3.8) is 0 Å². The van der Waals surface area contributed by atoms with E-state index in [1.165, 1.54) is 25.7 Å². The van der Waals surface area contributed by atoms with Gasteiger partial charge in [-0.05, 0) is 39.7 Å². The Morgan fingerprint density at radius 3 is 2.33 bits per heavy atom. The Hall–Kier alpha value is -0.0800. The molecular weight excluding hydrogens is 150 g/mol. The van der Waals surface area contributed by atoms with Gasteiger partial charge in [0, 0.05) is 18.7 Å². The number of nitrogens with zero attached hydrogens (tertiary/aromatic N) is 1. The Bertz CT molecular complexity index is 146. The monoisotopic (exact) mass is 169 g/mol. The molecule has 2 rings (SSSR count). The van der Waals surface area contributed by atoms with Gasteiger partial charge in [0.25, 0.3) is 0 Å². The van der Waals surface area contributed by atoms with Crippen LogP contribution in [0.1, 0.15) is 32.6 Å². The summed E-state index contributed by atoms with van der Waals surface area (Å²) in [6.07, 6.45) is 5.88. The molecule has 0 radical (unpaired) electrons. The van der Waals surface area contributed by atoms with Crippen LogP contribution in [0, 0.1) is 0 Å². The number of hydrogen-bond acceptors (Lipinski definition) is 2. The molecular formula is C10H19NO. The van der Waals surface area contributed by atoms with E-state index in [1.807, 2.05) is 0 Å². The van der Waals surface area contributed by atoms with Crippen LogP contribution in [-0.4, -0.2) is 36.7 Å². The number of hydrogen-bond donors (Lipinski definition) is 0. The van der Waals surface area contributed by atoms with Crippen molar-refractivity contribution in [2.45, 2.75) is 50.8 Å². The predicted octanol–water partition coefficient (Wildman–Crippen LogP) is 1.65. The standard InChI is InChI=1S/C10H19NO/c1-3-12-10-6-8-4-5-9(7-10)11(8)2/h8-10H,3-7H2,1-2H3. The molecule has 2 atom stereocenters. The maximum Gasteiger partial charge on any atom is 0.0604 e. The molecule has 2 nitrogen and oxygen atoms in total. The highest BCUT2D eigenvalue weighted by atomic mass is 16.5. The molecule has 2 heteroatoms. The Morgan fingerprint density at radius 1 is 1.25 bits per heavy atom. The quantitative estimate of drug-likeness (QED) is 0.623. The fourth-order valence-electron chi connectivity index (χ4n) is 2.73. The van der Waals surface area contributed by atoms with Gasteiger partial charge in [0.1, 0.15) is 0 Å². The van der Waals surface area contributed by atoms with Crippen molar-refractivity contribution in [3.05, 3.63) is 0 Å². The molecule has 2 saturated heterocycles. The smallest absolute Gasteiger partial charge is 0.0604 e. The maximum atomic E-state index is 5.69. The zero-order chi connectivity index (χ0) is 8.55. The Labute approximate surface area is 74.9 Å². The molecule has 2 heterocycles. The van der Waals surface area contributed by atoms with E-state index in [4.69, 9.17) is 4.74 Å². The minimum absolute atomic E-state index is 0.559. The van der Waals surface area contributed by atoms with Gasteiger partial charge in [-0.25, -0.2) is 0 Å². The van der Waals surface area contributed by atoms with Crippen molar-refractivity contribution < 1.29 is 4.74 Å². The molecule has 0 amide bonds. The van der Waals surface area contributed by atoms with Crippen LogP contribution < -0.4 is 0 Å². The van der Waals surface area contributed by atoms with Crippen LogP contribution in [-0.2, 0) is 4.74 Å².